The molecule has 0 aromatic heterocycles. The van der Waals surface area contributed by atoms with Gasteiger partial charge in [0.15, 0.2) is 0 Å². The number of primary amides is 1. The summed E-state index contributed by atoms with van der Waals surface area (Å²) in [6.07, 6.45) is 1.64. The van der Waals surface area contributed by atoms with E-state index in [0.29, 0.717) is 11.3 Å². The number of nitrogens with zero attached hydrogens (tertiary/aromatic N) is 1. The number of aromatic hydroxyl groups is 1. The maximum atomic E-state index is 10.9. The largest absolute Gasteiger partial charge is 0.508 e. The van der Waals surface area contributed by atoms with Crippen LogP contribution in [0.1, 0.15) is 15.9 Å². The number of aliphatic imine (C=N–C) groups is 1. The molecule has 4 nitrogen and oxygen atoms in total. The standard InChI is InChI=1S/C14H12N2O2/c15-14(18)11-4-6-12(7-5-11)16-9-10-2-1-3-13(17)8-10/h1-9,17H,(H2,15,18). The fraction of sp³-hybridized carbons (Fsp3) is 0. The summed E-state index contributed by atoms with van der Waals surface area (Å²) < 4.78 is 0. The summed E-state index contributed by atoms with van der Waals surface area (Å²) in [5.41, 5.74) is 7.10. The Kier molecular flexibility index (Phi) is 3.38. The van der Waals surface area contributed by atoms with E-state index >= 15 is 0 Å². The predicted molar refractivity (Wildman–Crippen MR) is 70.3 cm³/mol. The number of carbonyl (C=O) groups excluding carboxylic acids is 1. The van der Waals surface area contributed by atoms with Crippen LogP contribution < -0.4 is 5.73 Å². The number of nitrogens with two attached hydrogens (primary N) is 1. The highest BCUT2D eigenvalue weighted by atomic mass is 16.3. The Morgan fingerprint density at radius 3 is 2.50 bits per heavy atom. The quantitative estimate of drug-likeness (QED) is 0.807. The van der Waals surface area contributed by atoms with Crippen molar-refractivity contribution >= 4 is 17.8 Å². The van der Waals surface area contributed by atoms with Crippen LogP contribution in [0.5, 0.6) is 5.75 Å². The number of phenolic OH excluding ortho intramolecular Hbond substituents is 1. The lowest BCUT2D eigenvalue weighted by Crippen LogP contribution is -2.10. The van der Waals surface area contributed by atoms with E-state index in [1.54, 1.807) is 48.7 Å². The topological polar surface area (TPSA) is 75.7 Å². The number of amides is 1. The minimum absolute atomic E-state index is 0.197. The molecule has 0 spiro atoms. The molecule has 0 aliphatic rings. The third kappa shape index (κ3) is 2.95. The van der Waals surface area contributed by atoms with Crippen molar-refractivity contribution in [2.24, 2.45) is 10.7 Å². The Bertz CT molecular complexity index is 589. The van der Waals surface area contributed by atoms with Crippen LogP contribution in [0.4, 0.5) is 5.69 Å². The van der Waals surface area contributed by atoms with E-state index in [-0.39, 0.29) is 5.75 Å². The van der Waals surface area contributed by atoms with Crippen molar-refractivity contribution in [2.75, 3.05) is 0 Å². The molecular weight excluding hydrogens is 228 g/mol. The summed E-state index contributed by atoms with van der Waals surface area (Å²) in [7, 11) is 0. The van der Waals surface area contributed by atoms with Gasteiger partial charge in [-0.05, 0) is 42.0 Å². The predicted octanol–water partition coefficient (Wildman–Crippen LogP) is 2.24. The van der Waals surface area contributed by atoms with Gasteiger partial charge in [-0.1, -0.05) is 12.1 Å². The van der Waals surface area contributed by atoms with Crippen LogP contribution in [-0.4, -0.2) is 17.2 Å². The first kappa shape index (κ1) is 11.9. The first-order valence-corrected chi connectivity index (χ1v) is 5.38. The first-order chi connectivity index (χ1) is 8.65. The third-order valence-corrected chi connectivity index (χ3v) is 2.38. The second kappa shape index (κ2) is 5.14. The summed E-state index contributed by atoms with van der Waals surface area (Å²) in [5, 5.41) is 9.29. The van der Waals surface area contributed by atoms with Gasteiger partial charge in [-0.3, -0.25) is 9.79 Å². The fourth-order valence-corrected chi connectivity index (χ4v) is 1.47. The number of rotatable bonds is 3. The van der Waals surface area contributed by atoms with Gasteiger partial charge in [-0.15, -0.1) is 0 Å². The molecule has 90 valence electrons. The molecule has 2 rings (SSSR count). The van der Waals surface area contributed by atoms with Gasteiger partial charge in [0.2, 0.25) is 5.91 Å². The summed E-state index contributed by atoms with van der Waals surface area (Å²) in [6, 6.07) is 13.4. The van der Waals surface area contributed by atoms with Gasteiger partial charge in [0.05, 0.1) is 5.69 Å². The van der Waals surface area contributed by atoms with Crippen molar-refractivity contribution in [3.63, 3.8) is 0 Å². The number of phenols is 1. The van der Waals surface area contributed by atoms with Gasteiger partial charge in [-0.25, -0.2) is 0 Å². The highest BCUT2D eigenvalue weighted by Crippen LogP contribution is 2.14. The third-order valence-electron chi connectivity index (χ3n) is 2.38. The smallest absolute Gasteiger partial charge is 0.248 e. The molecule has 0 aliphatic carbocycles. The van der Waals surface area contributed by atoms with Crippen LogP contribution in [0.3, 0.4) is 0 Å². The molecule has 0 saturated carbocycles. The zero-order valence-corrected chi connectivity index (χ0v) is 9.58. The number of hydrogen-bond donors (Lipinski definition) is 2. The molecule has 0 saturated heterocycles. The summed E-state index contributed by atoms with van der Waals surface area (Å²) >= 11 is 0. The van der Waals surface area contributed by atoms with Crippen molar-refractivity contribution in [3.8, 4) is 5.75 Å². The number of carbonyl (C=O) groups is 1. The highest BCUT2D eigenvalue weighted by molar-refractivity contribution is 5.93. The molecule has 2 aromatic carbocycles. The molecule has 2 aromatic rings. The molecule has 0 unspecified atom stereocenters. The number of hydrogen-bond acceptors (Lipinski definition) is 3. The van der Waals surface area contributed by atoms with Crippen LogP contribution in [0, 0.1) is 0 Å². The Hall–Kier alpha value is -2.62. The lowest BCUT2D eigenvalue weighted by Gasteiger charge is -1.97. The highest BCUT2D eigenvalue weighted by Gasteiger charge is 1.98. The average molecular weight is 240 g/mol. The first-order valence-electron chi connectivity index (χ1n) is 5.38. The van der Waals surface area contributed by atoms with Gasteiger partial charge in [-0.2, -0.15) is 0 Å². The van der Waals surface area contributed by atoms with Crippen molar-refractivity contribution in [3.05, 3.63) is 59.7 Å². The normalized spacial score (nSPS) is 10.7. The van der Waals surface area contributed by atoms with Crippen LogP contribution >= 0.6 is 0 Å². The molecule has 0 bridgehead atoms. The molecule has 3 N–H and O–H groups in total. The Labute approximate surface area is 104 Å². The Balaban J connectivity index is 2.16. The van der Waals surface area contributed by atoms with Crippen molar-refractivity contribution < 1.29 is 9.90 Å². The molecule has 0 fully saturated rings. The second-order valence-electron chi connectivity index (χ2n) is 3.76. The Morgan fingerprint density at radius 1 is 1.17 bits per heavy atom. The average Bonchev–Trinajstić information content (AvgIpc) is 2.37. The monoisotopic (exact) mass is 240 g/mol. The maximum absolute atomic E-state index is 10.9. The second-order valence-corrected chi connectivity index (χ2v) is 3.76. The van der Waals surface area contributed by atoms with Gasteiger partial charge in [0.1, 0.15) is 5.75 Å². The SMILES string of the molecule is NC(=O)c1ccc(N=Cc2cccc(O)c2)cc1. The summed E-state index contributed by atoms with van der Waals surface area (Å²) in [6.45, 7) is 0. The van der Waals surface area contributed by atoms with E-state index in [2.05, 4.69) is 4.99 Å². The fourth-order valence-electron chi connectivity index (χ4n) is 1.47. The molecular formula is C14H12N2O2. The van der Waals surface area contributed by atoms with E-state index < -0.39 is 5.91 Å². The molecule has 0 aliphatic heterocycles. The van der Waals surface area contributed by atoms with E-state index in [0.717, 1.165) is 5.56 Å². The maximum Gasteiger partial charge on any atom is 0.248 e. The molecule has 18 heavy (non-hydrogen) atoms. The molecule has 0 atom stereocenters. The van der Waals surface area contributed by atoms with Gasteiger partial charge >= 0.3 is 0 Å². The van der Waals surface area contributed by atoms with E-state index in [1.165, 1.54) is 0 Å². The van der Waals surface area contributed by atoms with Crippen molar-refractivity contribution in [1.82, 2.24) is 0 Å². The van der Waals surface area contributed by atoms with E-state index in [9.17, 15) is 9.90 Å². The zero-order valence-electron chi connectivity index (χ0n) is 9.58. The van der Waals surface area contributed by atoms with E-state index in [1.807, 2.05) is 6.07 Å². The van der Waals surface area contributed by atoms with Gasteiger partial charge in [0, 0.05) is 11.8 Å². The molecule has 4 heteroatoms. The Morgan fingerprint density at radius 2 is 1.89 bits per heavy atom. The minimum Gasteiger partial charge on any atom is -0.508 e. The molecule has 1 amide bonds. The molecule has 0 heterocycles. The zero-order chi connectivity index (χ0) is 13.0. The van der Waals surface area contributed by atoms with Crippen LogP contribution in [-0.2, 0) is 0 Å². The lowest BCUT2D eigenvalue weighted by molar-refractivity contribution is 0.100. The molecule has 0 radical (unpaired) electrons. The summed E-state index contributed by atoms with van der Waals surface area (Å²) in [5.74, 6) is -0.262. The van der Waals surface area contributed by atoms with Crippen LogP contribution in [0.15, 0.2) is 53.5 Å². The summed E-state index contributed by atoms with van der Waals surface area (Å²) in [4.78, 5) is 15.1. The number of benzene rings is 2. The van der Waals surface area contributed by atoms with Gasteiger partial charge < -0.3 is 10.8 Å². The lowest BCUT2D eigenvalue weighted by atomic mass is 10.2. The van der Waals surface area contributed by atoms with Crippen molar-refractivity contribution in [1.29, 1.82) is 0 Å². The van der Waals surface area contributed by atoms with Crippen LogP contribution in [0.25, 0.3) is 0 Å². The van der Waals surface area contributed by atoms with Gasteiger partial charge in [0.25, 0.3) is 0 Å². The van der Waals surface area contributed by atoms with Crippen molar-refractivity contribution in [2.45, 2.75) is 0 Å². The minimum atomic E-state index is -0.460. The van der Waals surface area contributed by atoms with E-state index in [4.69, 9.17) is 5.73 Å². The van der Waals surface area contributed by atoms with Crippen LogP contribution in [0.2, 0.25) is 0 Å².